The molecule has 1 aliphatic rings. The number of rotatable bonds is 8. The summed E-state index contributed by atoms with van der Waals surface area (Å²) in [6.45, 7) is 6.01. The van der Waals surface area contributed by atoms with Crippen molar-refractivity contribution < 1.29 is 14.2 Å². The summed E-state index contributed by atoms with van der Waals surface area (Å²) in [5.41, 5.74) is 0.840. The van der Waals surface area contributed by atoms with Crippen LogP contribution in [0.15, 0.2) is 22.7 Å². The molecule has 0 saturated carbocycles. The number of amides is 1. The lowest BCUT2D eigenvalue weighted by molar-refractivity contribution is -0.384. The normalized spacial score (nSPS) is 13.9. The highest BCUT2D eigenvalue weighted by atomic mass is 16.6. The summed E-state index contributed by atoms with van der Waals surface area (Å²) in [6, 6.07) is 4.67. The summed E-state index contributed by atoms with van der Waals surface area (Å²) in [5.74, 6) is 1.09. The lowest BCUT2D eigenvalue weighted by Gasteiger charge is -2.17. The van der Waals surface area contributed by atoms with Crippen molar-refractivity contribution in [3.8, 4) is 0 Å². The van der Waals surface area contributed by atoms with E-state index in [1.54, 1.807) is 12.1 Å². The molecule has 1 N–H and O–H groups in total. The first-order chi connectivity index (χ1) is 13.5. The predicted octanol–water partition coefficient (Wildman–Crippen LogP) is 3.06. The monoisotopic (exact) mass is 387 g/mol. The Morgan fingerprint density at radius 3 is 2.75 bits per heavy atom. The second kappa shape index (κ2) is 8.81. The van der Waals surface area contributed by atoms with E-state index in [1.807, 2.05) is 18.7 Å². The van der Waals surface area contributed by atoms with Crippen molar-refractivity contribution in [2.45, 2.75) is 45.4 Å². The summed E-state index contributed by atoms with van der Waals surface area (Å²) >= 11 is 0. The number of nitro benzene ring substituents is 1. The lowest BCUT2D eigenvalue weighted by atomic mass is 10.1. The summed E-state index contributed by atoms with van der Waals surface area (Å²) in [6.07, 6.45) is 3.25. The number of nitro groups is 1. The molecular weight excluding hydrogens is 362 g/mol. The van der Waals surface area contributed by atoms with E-state index in [-0.39, 0.29) is 23.1 Å². The van der Waals surface area contributed by atoms with Crippen LogP contribution in [0.2, 0.25) is 0 Å². The smallest absolute Gasteiger partial charge is 0.293 e. The zero-order chi connectivity index (χ0) is 20.1. The Labute approximate surface area is 163 Å². The number of carbonyl (C=O) groups is 1. The number of hydrogen-bond donors (Lipinski definition) is 1. The molecule has 9 nitrogen and oxygen atoms in total. The lowest BCUT2D eigenvalue weighted by Crippen LogP contribution is -2.25. The molecular formula is C19H25N5O4. The van der Waals surface area contributed by atoms with Crippen LogP contribution in [0.4, 0.5) is 11.4 Å². The maximum Gasteiger partial charge on any atom is 0.293 e. The SMILES string of the molecule is CC(C)c1noc(CCCNC(=O)c2ccc(N3CCCC3)c([N+](=O)[O-])c2)n1. The average Bonchev–Trinajstić information content (AvgIpc) is 3.36. The van der Waals surface area contributed by atoms with Gasteiger partial charge in [0.15, 0.2) is 5.82 Å². The van der Waals surface area contributed by atoms with Gasteiger partial charge in [-0.15, -0.1) is 0 Å². The molecule has 9 heteroatoms. The molecule has 2 heterocycles. The fourth-order valence-corrected chi connectivity index (χ4v) is 3.18. The molecule has 28 heavy (non-hydrogen) atoms. The second-order valence-corrected chi connectivity index (χ2v) is 7.22. The van der Waals surface area contributed by atoms with E-state index in [4.69, 9.17) is 4.52 Å². The second-order valence-electron chi connectivity index (χ2n) is 7.22. The minimum Gasteiger partial charge on any atom is -0.366 e. The van der Waals surface area contributed by atoms with Crippen LogP contribution in [-0.2, 0) is 6.42 Å². The highest BCUT2D eigenvalue weighted by Gasteiger charge is 2.23. The Kier molecular flexibility index (Phi) is 6.23. The largest absolute Gasteiger partial charge is 0.366 e. The van der Waals surface area contributed by atoms with Gasteiger partial charge in [-0.2, -0.15) is 4.98 Å². The third-order valence-electron chi connectivity index (χ3n) is 4.73. The zero-order valence-electron chi connectivity index (χ0n) is 16.2. The molecule has 1 aliphatic heterocycles. The Balaban J connectivity index is 1.56. The van der Waals surface area contributed by atoms with Crippen molar-refractivity contribution in [2.24, 2.45) is 0 Å². The van der Waals surface area contributed by atoms with Gasteiger partial charge >= 0.3 is 0 Å². The Bertz CT molecular complexity index is 843. The average molecular weight is 387 g/mol. The van der Waals surface area contributed by atoms with Gasteiger partial charge in [0.05, 0.1) is 4.92 Å². The van der Waals surface area contributed by atoms with Crippen LogP contribution in [0, 0.1) is 10.1 Å². The number of carbonyl (C=O) groups excluding carboxylic acids is 1. The number of nitrogens with one attached hydrogen (secondary N) is 1. The summed E-state index contributed by atoms with van der Waals surface area (Å²) in [7, 11) is 0. The van der Waals surface area contributed by atoms with E-state index in [0.29, 0.717) is 36.8 Å². The van der Waals surface area contributed by atoms with Crippen LogP contribution in [0.3, 0.4) is 0 Å². The minimum atomic E-state index is -0.424. The van der Waals surface area contributed by atoms with Gasteiger partial charge in [-0.05, 0) is 31.4 Å². The summed E-state index contributed by atoms with van der Waals surface area (Å²) in [4.78, 5) is 29.7. The molecule has 3 rings (SSSR count). The van der Waals surface area contributed by atoms with Gasteiger partial charge in [-0.3, -0.25) is 14.9 Å². The fourth-order valence-electron chi connectivity index (χ4n) is 3.18. The Morgan fingerprint density at radius 1 is 1.36 bits per heavy atom. The molecule has 150 valence electrons. The van der Waals surface area contributed by atoms with Gasteiger partial charge in [-0.25, -0.2) is 0 Å². The Hall–Kier alpha value is -2.97. The molecule has 1 fully saturated rings. The number of aromatic nitrogens is 2. The molecule has 0 bridgehead atoms. The van der Waals surface area contributed by atoms with Crippen LogP contribution in [0.1, 0.15) is 61.1 Å². The van der Waals surface area contributed by atoms with Crippen LogP contribution >= 0.6 is 0 Å². The van der Waals surface area contributed by atoms with E-state index in [0.717, 1.165) is 25.9 Å². The third-order valence-corrected chi connectivity index (χ3v) is 4.73. The highest BCUT2D eigenvalue weighted by molar-refractivity contribution is 5.95. The number of nitrogens with zero attached hydrogens (tertiary/aromatic N) is 4. The van der Waals surface area contributed by atoms with Crippen LogP contribution in [0.5, 0.6) is 0 Å². The van der Waals surface area contributed by atoms with Crippen molar-refractivity contribution in [1.82, 2.24) is 15.5 Å². The number of aryl methyl sites for hydroxylation is 1. The van der Waals surface area contributed by atoms with Gasteiger partial charge in [0.2, 0.25) is 5.89 Å². The summed E-state index contributed by atoms with van der Waals surface area (Å²) < 4.78 is 5.17. The van der Waals surface area contributed by atoms with E-state index in [1.165, 1.54) is 6.07 Å². The number of benzene rings is 1. The fraction of sp³-hybridized carbons (Fsp3) is 0.526. The number of anilines is 1. The van der Waals surface area contributed by atoms with Crippen molar-refractivity contribution in [2.75, 3.05) is 24.5 Å². The molecule has 1 amide bonds. The molecule has 1 aromatic carbocycles. The standard InChI is InChI=1S/C19H25N5O4/c1-13(2)18-21-17(28-22-18)6-5-9-20-19(25)14-7-8-15(16(12-14)24(26)27)23-10-3-4-11-23/h7-8,12-13H,3-6,9-11H2,1-2H3,(H,20,25). The van der Waals surface area contributed by atoms with E-state index in [9.17, 15) is 14.9 Å². The molecule has 0 spiro atoms. The zero-order valence-corrected chi connectivity index (χ0v) is 16.2. The first kappa shape index (κ1) is 19.8. The molecule has 0 unspecified atom stereocenters. The first-order valence-electron chi connectivity index (χ1n) is 9.59. The number of hydrogen-bond acceptors (Lipinski definition) is 7. The van der Waals surface area contributed by atoms with E-state index in [2.05, 4.69) is 15.5 Å². The van der Waals surface area contributed by atoms with Crippen LogP contribution in [0.25, 0.3) is 0 Å². The van der Waals surface area contributed by atoms with E-state index >= 15 is 0 Å². The van der Waals surface area contributed by atoms with Gasteiger partial charge in [0.1, 0.15) is 5.69 Å². The molecule has 0 radical (unpaired) electrons. The van der Waals surface area contributed by atoms with Gasteiger partial charge in [-0.1, -0.05) is 19.0 Å². The molecule has 1 saturated heterocycles. The van der Waals surface area contributed by atoms with Gasteiger partial charge in [0.25, 0.3) is 11.6 Å². The quantitative estimate of drug-likeness (QED) is 0.420. The van der Waals surface area contributed by atoms with Crippen molar-refractivity contribution in [3.63, 3.8) is 0 Å². The van der Waals surface area contributed by atoms with Crippen molar-refractivity contribution in [1.29, 1.82) is 0 Å². The van der Waals surface area contributed by atoms with Gasteiger partial charge < -0.3 is 14.7 Å². The minimum absolute atomic E-state index is 0.0263. The highest BCUT2D eigenvalue weighted by Crippen LogP contribution is 2.31. The topological polar surface area (TPSA) is 114 Å². The van der Waals surface area contributed by atoms with Crippen LogP contribution < -0.4 is 10.2 Å². The molecule has 0 atom stereocenters. The third kappa shape index (κ3) is 4.65. The molecule has 1 aromatic heterocycles. The van der Waals surface area contributed by atoms with Crippen molar-refractivity contribution >= 4 is 17.3 Å². The van der Waals surface area contributed by atoms with Gasteiger partial charge in [0, 0.05) is 43.6 Å². The predicted molar refractivity (Wildman–Crippen MR) is 104 cm³/mol. The summed E-state index contributed by atoms with van der Waals surface area (Å²) in [5, 5.41) is 18.1. The maximum atomic E-state index is 12.4. The van der Waals surface area contributed by atoms with Crippen molar-refractivity contribution in [3.05, 3.63) is 45.6 Å². The maximum absolute atomic E-state index is 12.4. The van der Waals surface area contributed by atoms with E-state index < -0.39 is 4.92 Å². The molecule has 2 aromatic rings. The Morgan fingerprint density at radius 2 is 2.11 bits per heavy atom. The first-order valence-corrected chi connectivity index (χ1v) is 9.59. The molecule has 0 aliphatic carbocycles. The van der Waals surface area contributed by atoms with Crippen LogP contribution in [-0.4, -0.2) is 40.6 Å².